The normalized spacial score (nSPS) is 12.6. The van der Waals surface area contributed by atoms with Crippen molar-refractivity contribution in [1.29, 1.82) is 0 Å². The van der Waals surface area contributed by atoms with Crippen LogP contribution in [-0.4, -0.2) is 48.1 Å². The van der Waals surface area contributed by atoms with Gasteiger partial charge >= 0.3 is 5.97 Å². The second kappa shape index (κ2) is 13.5. The number of carboxylic acids is 1. The summed E-state index contributed by atoms with van der Waals surface area (Å²) in [6, 6.07) is 20.5. The molecule has 4 aromatic rings. The smallest absolute Gasteiger partial charge is 0.336 e. The monoisotopic (exact) mass is 592 g/mol. The average molecular weight is 594 g/mol. The summed E-state index contributed by atoms with van der Waals surface area (Å²) in [6.45, 7) is 4.29. The van der Waals surface area contributed by atoms with Crippen LogP contribution in [0.25, 0.3) is 10.9 Å². The van der Waals surface area contributed by atoms with Gasteiger partial charge < -0.3 is 20.2 Å². The molecule has 1 amide bonds. The standard InChI is InChI=1S/C28H25FN4O3.3ClH/c1-18-6-8-19(9-7-18)27(34)30-20-10-11-24-21(16-20)22(28(35)36)17-26(31-24)33-14-12-32(13-15-33)25-5-3-2-4-23(25)29;;;/h2-11,16-17H,12-15H2,1H3,(H,30,34)(H,35,36);3*1H. The van der Waals surface area contributed by atoms with Crippen molar-refractivity contribution in [2.24, 2.45) is 0 Å². The van der Waals surface area contributed by atoms with Crippen molar-refractivity contribution in [1.82, 2.24) is 4.98 Å². The summed E-state index contributed by atoms with van der Waals surface area (Å²) >= 11 is 0. The lowest BCUT2D eigenvalue weighted by molar-refractivity contribution is 0.0698. The number of aromatic nitrogens is 1. The van der Waals surface area contributed by atoms with Crippen LogP contribution >= 0.6 is 37.2 Å². The van der Waals surface area contributed by atoms with Crippen molar-refractivity contribution in [3.8, 4) is 0 Å². The number of carbonyl (C=O) groups is 2. The molecule has 1 aliphatic heterocycles. The van der Waals surface area contributed by atoms with Crippen molar-refractivity contribution in [3.05, 3.63) is 95.3 Å². The molecule has 7 nitrogen and oxygen atoms in total. The summed E-state index contributed by atoms with van der Waals surface area (Å²) in [5.41, 5.74) is 3.26. The van der Waals surface area contributed by atoms with Crippen molar-refractivity contribution in [2.45, 2.75) is 6.92 Å². The number of halogens is 4. The molecule has 2 N–H and O–H groups in total. The Labute approximate surface area is 244 Å². The van der Waals surface area contributed by atoms with Gasteiger partial charge in [-0.15, -0.1) is 37.2 Å². The fourth-order valence-electron chi connectivity index (χ4n) is 4.42. The van der Waals surface area contributed by atoms with E-state index in [4.69, 9.17) is 4.98 Å². The minimum atomic E-state index is -1.07. The minimum Gasteiger partial charge on any atom is -0.478 e. The first-order valence-electron chi connectivity index (χ1n) is 11.7. The predicted molar refractivity (Wildman–Crippen MR) is 160 cm³/mol. The first kappa shape index (κ1) is 31.6. The van der Waals surface area contributed by atoms with Crippen LogP contribution in [0.5, 0.6) is 0 Å². The van der Waals surface area contributed by atoms with Crippen LogP contribution in [0.4, 0.5) is 21.6 Å². The number of pyridine rings is 1. The largest absolute Gasteiger partial charge is 0.478 e. The lowest BCUT2D eigenvalue weighted by Gasteiger charge is -2.37. The van der Waals surface area contributed by atoms with E-state index in [1.807, 2.05) is 34.9 Å². The zero-order chi connectivity index (χ0) is 25.2. The third-order valence-electron chi connectivity index (χ3n) is 6.39. The predicted octanol–water partition coefficient (Wildman–Crippen LogP) is 6.22. The van der Waals surface area contributed by atoms with Crippen LogP contribution in [0.15, 0.2) is 72.8 Å². The molecule has 39 heavy (non-hydrogen) atoms. The molecule has 5 rings (SSSR count). The number of amides is 1. The number of benzene rings is 3. The number of rotatable bonds is 5. The third kappa shape index (κ3) is 6.89. The topological polar surface area (TPSA) is 85.8 Å². The molecule has 206 valence electrons. The second-order valence-corrected chi connectivity index (χ2v) is 8.81. The first-order chi connectivity index (χ1) is 17.4. The Morgan fingerprint density at radius 1 is 0.872 bits per heavy atom. The number of aryl methyl sites for hydroxylation is 1. The van der Waals surface area contributed by atoms with E-state index in [-0.39, 0.29) is 54.5 Å². The summed E-state index contributed by atoms with van der Waals surface area (Å²) in [6.07, 6.45) is 0. The van der Waals surface area contributed by atoms with Crippen LogP contribution in [0.1, 0.15) is 26.3 Å². The van der Waals surface area contributed by atoms with Gasteiger partial charge in [-0.1, -0.05) is 29.8 Å². The van der Waals surface area contributed by atoms with Crippen LogP contribution in [-0.2, 0) is 0 Å². The maximum Gasteiger partial charge on any atom is 0.336 e. The van der Waals surface area contributed by atoms with Gasteiger partial charge in [0.25, 0.3) is 5.91 Å². The molecule has 0 atom stereocenters. The highest BCUT2D eigenvalue weighted by Crippen LogP contribution is 2.28. The summed E-state index contributed by atoms with van der Waals surface area (Å²) in [4.78, 5) is 33.4. The van der Waals surface area contributed by atoms with Gasteiger partial charge in [0, 0.05) is 42.8 Å². The van der Waals surface area contributed by atoms with Crippen LogP contribution < -0.4 is 15.1 Å². The number of carbonyl (C=O) groups excluding carboxylic acids is 1. The molecule has 0 spiro atoms. The number of carboxylic acid groups (broad SMARTS) is 1. The average Bonchev–Trinajstić information content (AvgIpc) is 2.89. The molecule has 1 aliphatic rings. The molecule has 0 radical (unpaired) electrons. The Bertz CT molecular complexity index is 1460. The zero-order valence-electron chi connectivity index (χ0n) is 21.0. The van der Waals surface area contributed by atoms with E-state index < -0.39 is 5.97 Å². The zero-order valence-corrected chi connectivity index (χ0v) is 23.4. The van der Waals surface area contributed by atoms with Gasteiger partial charge in [-0.25, -0.2) is 14.2 Å². The number of anilines is 3. The highest BCUT2D eigenvalue weighted by Gasteiger charge is 2.22. The Morgan fingerprint density at radius 3 is 2.15 bits per heavy atom. The molecule has 0 bridgehead atoms. The number of nitrogens with zero attached hydrogens (tertiary/aromatic N) is 3. The van der Waals surface area contributed by atoms with Crippen LogP contribution in [0, 0.1) is 12.7 Å². The number of fused-ring (bicyclic) bond motifs is 1. The number of piperazine rings is 1. The molecule has 0 aliphatic carbocycles. The van der Waals surface area contributed by atoms with Crippen LogP contribution in [0.2, 0.25) is 0 Å². The van der Waals surface area contributed by atoms with Gasteiger partial charge in [0.2, 0.25) is 0 Å². The summed E-state index contributed by atoms with van der Waals surface area (Å²) < 4.78 is 14.2. The molecule has 0 saturated carbocycles. The van der Waals surface area contributed by atoms with Crippen molar-refractivity contribution >= 4 is 77.2 Å². The van der Waals surface area contributed by atoms with Gasteiger partial charge in [-0.2, -0.15) is 0 Å². The maximum atomic E-state index is 14.2. The Hall–Kier alpha value is -3.59. The van der Waals surface area contributed by atoms with Crippen molar-refractivity contribution in [2.75, 3.05) is 41.3 Å². The van der Waals surface area contributed by atoms with E-state index in [0.717, 1.165) is 5.56 Å². The van der Waals surface area contributed by atoms with Crippen LogP contribution in [0.3, 0.4) is 0 Å². The molecule has 0 unspecified atom stereocenters. The summed E-state index contributed by atoms with van der Waals surface area (Å²) in [7, 11) is 0. The van der Waals surface area contributed by atoms with E-state index in [9.17, 15) is 19.1 Å². The lowest BCUT2D eigenvalue weighted by atomic mass is 10.1. The third-order valence-corrected chi connectivity index (χ3v) is 6.39. The van der Waals surface area contributed by atoms with Gasteiger partial charge in [0.15, 0.2) is 0 Å². The number of para-hydroxylation sites is 1. The van der Waals surface area contributed by atoms with E-state index in [1.54, 1.807) is 48.5 Å². The van der Waals surface area contributed by atoms with E-state index >= 15 is 0 Å². The fourth-order valence-corrected chi connectivity index (χ4v) is 4.42. The van der Waals surface area contributed by atoms with Crippen molar-refractivity contribution < 1.29 is 19.1 Å². The molecular weight excluding hydrogens is 566 g/mol. The Morgan fingerprint density at radius 2 is 1.51 bits per heavy atom. The van der Waals surface area contributed by atoms with Gasteiger partial charge in [-0.3, -0.25) is 4.79 Å². The molecule has 1 aromatic heterocycles. The highest BCUT2D eigenvalue weighted by atomic mass is 35.5. The number of aromatic carboxylic acids is 1. The molecule has 1 fully saturated rings. The SMILES string of the molecule is Cc1ccc(C(=O)Nc2ccc3nc(N4CCN(c5ccccc5F)CC4)cc(C(=O)O)c3c2)cc1.Cl.Cl.Cl. The van der Waals surface area contributed by atoms with Gasteiger partial charge in [0.05, 0.1) is 16.8 Å². The van der Waals surface area contributed by atoms with Gasteiger partial charge in [-0.05, 0) is 55.5 Å². The second-order valence-electron chi connectivity index (χ2n) is 8.81. The number of nitrogens with one attached hydrogen (secondary N) is 1. The van der Waals surface area contributed by atoms with E-state index in [1.165, 1.54) is 6.07 Å². The highest BCUT2D eigenvalue weighted by molar-refractivity contribution is 6.08. The molecule has 1 saturated heterocycles. The molecule has 2 heterocycles. The Balaban J connectivity index is 0.00000178. The van der Waals surface area contributed by atoms with Crippen molar-refractivity contribution in [3.63, 3.8) is 0 Å². The molecule has 11 heteroatoms. The minimum absolute atomic E-state index is 0. The van der Waals surface area contributed by atoms with Gasteiger partial charge in [0.1, 0.15) is 11.6 Å². The number of hydrogen-bond acceptors (Lipinski definition) is 5. The molecule has 3 aromatic carbocycles. The lowest BCUT2D eigenvalue weighted by Crippen LogP contribution is -2.47. The van der Waals surface area contributed by atoms with E-state index in [2.05, 4.69) is 5.32 Å². The van der Waals surface area contributed by atoms with E-state index in [0.29, 0.717) is 59.8 Å². The summed E-state index contributed by atoms with van der Waals surface area (Å²) in [5, 5.41) is 13.2. The molecular formula is C28H28Cl3FN4O3. The number of hydrogen-bond donors (Lipinski definition) is 2. The first-order valence-corrected chi connectivity index (χ1v) is 11.7. The summed E-state index contributed by atoms with van der Waals surface area (Å²) in [5.74, 6) is -1.04. The maximum absolute atomic E-state index is 14.2. The quantitative estimate of drug-likeness (QED) is 0.286. The Kier molecular flexibility index (Phi) is 10.9. The fraction of sp³-hybridized carbons (Fsp3) is 0.179.